The molecule has 2 saturated heterocycles. The largest absolute Gasteiger partial charge is 0.474 e. The Labute approximate surface area is 181 Å². The molecule has 0 radical (unpaired) electrons. The van der Waals surface area contributed by atoms with Crippen LogP contribution >= 0.6 is 0 Å². The lowest BCUT2D eigenvalue weighted by Gasteiger charge is -2.28. The number of ether oxygens (including phenoxy) is 1. The van der Waals surface area contributed by atoms with E-state index in [0.29, 0.717) is 24.9 Å². The van der Waals surface area contributed by atoms with Crippen molar-refractivity contribution in [1.29, 1.82) is 0 Å². The van der Waals surface area contributed by atoms with Crippen LogP contribution in [0.4, 0.5) is 0 Å². The third kappa shape index (κ3) is 4.01. The summed E-state index contributed by atoms with van der Waals surface area (Å²) in [6, 6.07) is 2.41. The smallest absolute Gasteiger partial charge is 0.225 e. The van der Waals surface area contributed by atoms with Crippen LogP contribution in [0.25, 0.3) is 22.2 Å². The number of fused-ring (bicyclic) bond motifs is 1. The van der Waals surface area contributed by atoms with E-state index >= 15 is 0 Å². The number of pyridine rings is 1. The molecule has 2 fully saturated rings. The number of carbonyl (C=O) groups excluding carboxylic acids is 1. The molecule has 1 N–H and O–H groups in total. The van der Waals surface area contributed by atoms with E-state index in [2.05, 4.69) is 38.3 Å². The van der Waals surface area contributed by atoms with Crippen LogP contribution in [0, 0.1) is 5.92 Å². The summed E-state index contributed by atoms with van der Waals surface area (Å²) in [7, 11) is 4.06. The molecule has 1 unspecified atom stereocenters. The highest BCUT2D eigenvalue weighted by molar-refractivity contribution is 5.86. The van der Waals surface area contributed by atoms with E-state index in [9.17, 15) is 4.79 Å². The fourth-order valence-corrected chi connectivity index (χ4v) is 4.51. The summed E-state index contributed by atoms with van der Waals surface area (Å²) in [5.74, 6) is 0.770. The van der Waals surface area contributed by atoms with Crippen molar-refractivity contribution in [2.75, 3.05) is 26.7 Å². The minimum atomic E-state index is -0.132. The second-order valence-electron chi connectivity index (χ2n) is 8.88. The zero-order valence-electron chi connectivity index (χ0n) is 18.3. The van der Waals surface area contributed by atoms with Gasteiger partial charge >= 0.3 is 0 Å². The Hall–Kier alpha value is -2.94. The summed E-state index contributed by atoms with van der Waals surface area (Å²) in [6.07, 6.45) is 8.44. The maximum Gasteiger partial charge on any atom is 0.225 e. The van der Waals surface area contributed by atoms with Crippen molar-refractivity contribution < 1.29 is 9.53 Å². The van der Waals surface area contributed by atoms with Crippen molar-refractivity contribution in [3.63, 3.8) is 0 Å². The number of piperidine rings is 1. The molecule has 0 aromatic carbocycles. The van der Waals surface area contributed by atoms with Crippen LogP contribution in [0.2, 0.25) is 0 Å². The van der Waals surface area contributed by atoms with E-state index in [0.717, 1.165) is 48.1 Å². The zero-order valence-corrected chi connectivity index (χ0v) is 18.3. The molecule has 31 heavy (non-hydrogen) atoms. The van der Waals surface area contributed by atoms with Crippen molar-refractivity contribution in [3.8, 4) is 17.1 Å². The van der Waals surface area contributed by atoms with Crippen LogP contribution in [0.15, 0.2) is 24.7 Å². The lowest BCUT2D eigenvalue weighted by molar-refractivity contribution is -0.119. The number of hydrogen-bond donors (Lipinski definition) is 1. The molecule has 0 spiro atoms. The van der Waals surface area contributed by atoms with Gasteiger partial charge in [-0.05, 0) is 46.0 Å². The molecule has 9 heteroatoms. The fourth-order valence-electron chi connectivity index (χ4n) is 4.51. The van der Waals surface area contributed by atoms with Gasteiger partial charge in [-0.3, -0.25) is 14.2 Å². The quantitative estimate of drug-likeness (QED) is 0.675. The van der Waals surface area contributed by atoms with E-state index < -0.39 is 0 Å². The van der Waals surface area contributed by atoms with Crippen LogP contribution in [0.5, 0.6) is 5.88 Å². The molecule has 1 amide bonds. The summed E-state index contributed by atoms with van der Waals surface area (Å²) in [4.78, 5) is 18.8. The minimum Gasteiger partial charge on any atom is -0.474 e. The van der Waals surface area contributed by atoms with Crippen molar-refractivity contribution in [2.24, 2.45) is 13.0 Å². The van der Waals surface area contributed by atoms with Crippen LogP contribution in [0.3, 0.4) is 0 Å². The molecule has 3 aromatic rings. The van der Waals surface area contributed by atoms with Crippen molar-refractivity contribution >= 4 is 16.8 Å². The number of aryl methyl sites for hydroxylation is 1. The van der Waals surface area contributed by atoms with E-state index in [-0.39, 0.29) is 17.9 Å². The first-order chi connectivity index (χ1) is 15.0. The average molecular weight is 424 g/mol. The SMILES string of the molecule is C[C@@H](Oc1nc(-c2cnn(C3CCN(C)CC3)c2)cc2nn(C)cc12)C1CNC(=O)C1. The molecule has 0 bridgehead atoms. The second-order valence-corrected chi connectivity index (χ2v) is 8.88. The van der Waals surface area contributed by atoms with Gasteiger partial charge in [0.2, 0.25) is 11.8 Å². The molecule has 3 aromatic heterocycles. The maximum atomic E-state index is 11.6. The first kappa shape index (κ1) is 20.0. The number of nitrogens with zero attached hydrogens (tertiary/aromatic N) is 6. The van der Waals surface area contributed by atoms with E-state index in [1.807, 2.05) is 32.4 Å². The van der Waals surface area contributed by atoms with Gasteiger partial charge in [0.25, 0.3) is 0 Å². The van der Waals surface area contributed by atoms with Gasteiger partial charge < -0.3 is 15.0 Å². The number of likely N-dealkylation sites (tertiary alicyclic amines) is 1. The van der Waals surface area contributed by atoms with Crippen LogP contribution in [-0.2, 0) is 11.8 Å². The molecule has 5 heterocycles. The predicted molar refractivity (Wildman–Crippen MR) is 117 cm³/mol. The minimum absolute atomic E-state index is 0.0787. The lowest BCUT2D eigenvalue weighted by atomic mass is 10.0. The maximum absolute atomic E-state index is 11.6. The molecule has 0 aliphatic carbocycles. The monoisotopic (exact) mass is 423 g/mol. The summed E-state index contributed by atoms with van der Waals surface area (Å²) >= 11 is 0. The first-order valence-electron chi connectivity index (χ1n) is 11.0. The molecule has 2 aliphatic rings. The topological polar surface area (TPSA) is 90.1 Å². The number of hydrogen-bond acceptors (Lipinski definition) is 6. The zero-order chi connectivity index (χ0) is 21.5. The summed E-state index contributed by atoms with van der Waals surface area (Å²) < 4.78 is 10.1. The Balaban J connectivity index is 1.44. The number of rotatable bonds is 5. The molecular formula is C22H29N7O2. The van der Waals surface area contributed by atoms with Gasteiger partial charge in [0.05, 0.1) is 28.8 Å². The van der Waals surface area contributed by atoms with Crippen molar-refractivity contribution in [1.82, 2.24) is 34.8 Å². The summed E-state index contributed by atoms with van der Waals surface area (Å²) in [5.41, 5.74) is 2.59. The first-order valence-corrected chi connectivity index (χ1v) is 11.0. The fraction of sp³-hybridized carbons (Fsp3) is 0.545. The van der Waals surface area contributed by atoms with Crippen LogP contribution in [-0.4, -0.2) is 68.1 Å². The van der Waals surface area contributed by atoms with E-state index in [4.69, 9.17) is 9.72 Å². The standard InChI is InChI=1S/C22H29N7O2/c1-14(15-8-21(30)23-10-15)31-22-18-13-28(3)26-20(18)9-19(25-22)16-11-24-29(12-16)17-4-6-27(2)7-5-17/h9,11-15,17H,4-8,10H2,1-3H3,(H,23,30)/t14-,15?/m1/s1. The molecular weight excluding hydrogens is 394 g/mol. The van der Waals surface area contributed by atoms with Gasteiger partial charge in [0.15, 0.2) is 0 Å². The van der Waals surface area contributed by atoms with Gasteiger partial charge in [-0.25, -0.2) is 4.98 Å². The Bertz CT molecular complexity index is 1100. The van der Waals surface area contributed by atoms with Gasteiger partial charge in [-0.15, -0.1) is 0 Å². The normalized spacial score (nSPS) is 21.5. The Kier molecular flexibility index (Phi) is 5.13. The second kappa shape index (κ2) is 7.96. The van der Waals surface area contributed by atoms with Crippen LogP contribution in [0.1, 0.15) is 32.2 Å². The number of nitrogens with one attached hydrogen (secondary N) is 1. The van der Waals surface area contributed by atoms with Gasteiger partial charge in [-0.2, -0.15) is 10.2 Å². The third-order valence-electron chi connectivity index (χ3n) is 6.51. The van der Waals surface area contributed by atoms with Crippen LogP contribution < -0.4 is 10.1 Å². The Morgan fingerprint density at radius 2 is 2.03 bits per heavy atom. The number of amides is 1. The van der Waals surface area contributed by atoms with E-state index in [1.54, 1.807) is 4.68 Å². The average Bonchev–Trinajstić information content (AvgIpc) is 3.47. The highest BCUT2D eigenvalue weighted by Gasteiger charge is 2.29. The number of carbonyl (C=O) groups is 1. The number of aromatic nitrogens is 5. The highest BCUT2D eigenvalue weighted by atomic mass is 16.5. The lowest BCUT2D eigenvalue weighted by Crippen LogP contribution is -2.31. The molecule has 0 saturated carbocycles. The Morgan fingerprint density at radius 3 is 2.77 bits per heavy atom. The third-order valence-corrected chi connectivity index (χ3v) is 6.51. The summed E-state index contributed by atoms with van der Waals surface area (Å²) in [5, 5.41) is 13.0. The van der Waals surface area contributed by atoms with Crippen molar-refractivity contribution in [2.45, 2.75) is 38.3 Å². The highest BCUT2D eigenvalue weighted by Crippen LogP contribution is 2.31. The Morgan fingerprint density at radius 1 is 1.23 bits per heavy atom. The van der Waals surface area contributed by atoms with Gasteiger partial charge in [0, 0.05) is 43.9 Å². The van der Waals surface area contributed by atoms with E-state index in [1.165, 1.54) is 0 Å². The molecule has 2 aliphatic heterocycles. The summed E-state index contributed by atoms with van der Waals surface area (Å²) in [6.45, 7) is 4.82. The van der Waals surface area contributed by atoms with Crippen molar-refractivity contribution in [3.05, 3.63) is 24.7 Å². The molecule has 5 rings (SSSR count). The van der Waals surface area contributed by atoms with Gasteiger partial charge in [-0.1, -0.05) is 0 Å². The predicted octanol–water partition coefficient (Wildman–Crippen LogP) is 2.00. The van der Waals surface area contributed by atoms with Gasteiger partial charge in [0.1, 0.15) is 6.10 Å². The molecule has 164 valence electrons. The molecule has 2 atom stereocenters. The molecule has 9 nitrogen and oxygen atoms in total.